The van der Waals surface area contributed by atoms with E-state index in [1.54, 1.807) is 11.1 Å². The molecule has 0 N–H and O–H groups in total. The first-order valence-electron chi connectivity index (χ1n) is 21.9. The lowest BCUT2D eigenvalue weighted by Gasteiger charge is -2.61. The van der Waals surface area contributed by atoms with Crippen LogP contribution in [0.2, 0.25) is 0 Å². The first kappa shape index (κ1) is 34.2. The zero-order chi connectivity index (χ0) is 39.4. The lowest BCUT2D eigenvalue weighted by Crippen LogP contribution is -2.55. The van der Waals surface area contributed by atoms with Crippen molar-refractivity contribution in [3.05, 3.63) is 187 Å². The van der Waals surface area contributed by atoms with Crippen LogP contribution < -0.4 is 0 Å². The third-order valence-electron chi connectivity index (χ3n) is 14.9. The number of benzene rings is 8. The van der Waals surface area contributed by atoms with Crippen LogP contribution in [-0.4, -0.2) is 15.0 Å². The molecule has 3 heteroatoms. The van der Waals surface area contributed by atoms with Crippen LogP contribution >= 0.6 is 0 Å². The highest BCUT2D eigenvalue weighted by Crippen LogP contribution is 2.69. The summed E-state index contributed by atoms with van der Waals surface area (Å²) in [6.45, 7) is 0. The lowest BCUT2D eigenvalue weighted by atomic mass is 9.43. The van der Waals surface area contributed by atoms with Gasteiger partial charge in [-0.05, 0) is 134 Å². The van der Waals surface area contributed by atoms with Crippen LogP contribution in [0.25, 0.3) is 89.1 Å². The van der Waals surface area contributed by atoms with Gasteiger partial charge in [0.2, 0.25) is 0 Å². The maximum absolute atomic E-state index is 5.38. The molecule has 5 aliphatic carbocycles. The molecular formula is C57H43N3. The van der Waals surface area contributed by atoms with Gasteiger partial charge in [-0.25, -0.2) is 15.0 Å². The SMILES string of the molecule is c1ccc(-c2cccc(-c3nc(-c4ccccc4)nc(-c4c5ccccc5c(-c5ccc6c(c5)C5(c7ccccc7-6)C6CC7CC(C6)CC5C7)c5ccccc45)n3)c2)cc1. The fourth-order valence-corrected chi connectivity index (χ4v) is 12.8. The molecule has 4 saturated carbocycles. The quantitative estimate of drug-likeness (QED) is 0.164. The van der Waals surface area contributed by atoms with Gasteiger partial charge in [0.05, 0.1) is 0 Å². The largest absolute Gasteiger partial charge is 0.208 e. The summed E-state index contributed by atoms with van der Waals surface area (Å²) in [7, 11) is 0. The number of hydrogen-bond acceptors (Lipinski definition) is 3. The second kappa shape index (κ2) is 13.1. The van der Waals surface area contributed by atoms with Crippen molar-refractivity contribution in [3.63, 3.8) is 0 Å². The fraction of sp³-hybridized carbons (Fsp3) is 0.175. The molecule has 1 heterocycles. The molecule has 3 nitrogen and oxygen atoms in total. The van der Waals surface area contributed by atoms with Gasteiger partial charge in [0.25, 0.3) is 0 Å². The van der Waals surface area contributed by atoms with E-state index in [0.29, 0.717) is 29.3 Å². The molecular weight excluding hydrogens is 727 g/mol. The molecule has 0 amide bonds. The minimum absolute atomic E-state index is 0.105. The van der Waals surface area contributed by atoms with E-state index in [1.165, 1.54) is 65.1 Å². The Morgan fingerprint density at radius 3 is 1.50 bits per heavy atom. The van der Waals surface area contributed by atoms with Crippen molar-refractivity contribution in [2.75, 3.05) is 0 Å². The third kappa shape index (κ3) is 4.99. The van der Waals surface area contributed by atoms with Crippen LogP contribution in [-0.2, 0) is 5.41 Å². The maximum atomic E-state index is 5.38. The highest BCUT2D eigenvalue weighted by Gasteiger charge is 2.61. The molecule has 5 aliphatic rings. The summed E-state index contributed by atoms with van der Waals surface area (Å²) in [4.78, 5) is 15.9. The normalized spacial score (nSPS) is 22.1. The molecule has 9 aromatic rings. The summed E-state index contributed by atoms with van der Waals surface area (Å²) >= 11 is 0. The van der Waals surface area contributed by atoms with Gasteiger partial charge in [-0.3, -0.25) is 0 Å². The van der Waals surface area contributed by atoms with Crippen molar-refractivity contribution in [1.82, 2.24) is 15.0 Å². The Bertz CT molecular complexity index is 3080. The van der Waals surface area contributed by atoms with Crippen LogP contribution in [0, 0.1) is 23.7 Å². The standard InChI is InChI=1S/C57H43N3/c1-3-14-37(15-4-1)39-18-13-19-41(33-39)55-58-54(38-16-5-2-6-17-38)59-56(60-55)53-48-23-9-7-21-46(48)52(47-22-8-10-24-49(47)53)40-26-27-45-44-20-11-12-25-50(44)57(51(45)34-40)42-29-35-28-36(31-42)32-43(57)30-35/h1-27,33-36,42-43H,28-32H2. The monoisotopic (exact) mass is 769 g/mol. The minimum Gasteiger partial charge on any atom is -0.208 e. The van der Waals surface area contributed by atoms with Gasteiger partial charge in [-0.15, -0.1) is 0 Å². The first-order chi connectivity index (χ1) is 29.7. The van der Waals surface area contributed by atoms with Crippen LogP contribution in [0.5, 0.6) is 0 Å². The van der Waals surface area contributed by atoms with Crippen LogP contribution in [0.1, 0.15) is 43.2 Å². The highest BCUT2D eigenvalue weighted by atomic mass is 15.0. The van der Waals surface area contributed by atoms with Gasteiger partial charge in [0.1, 0.15) is 0 Å². The van der Waals surface area contributed by atoms with E-state index in [9.17, 15) is 0 Å². The molecule has 1 aromatic heterocycles. The Labute approximate surface area is 350 Å². The minimum atomic E-state index is 0.105. The van der Waals surface area contributed by atoms with Gasteiger partial charge >= 0.3 is 0 Å². The fourth-order valence-electron chi connectivity index (χ4n) is 12.8. The second-order valence-electron chi connectivity index (χ2n) is 17.9. The Balaban J connectivity index is 1.04. The molecule has 4 fully saturated rings. The van der Waals surface area contributed by atoms with Crippen molar-refractivity contribution in [1.29, 1.82) is 0 Å². The number of aromatic nitrogens is 3. The van der Waals surface area contributed by atoms with E-state index >= 15 is 0 Å². The number of fused-ring (bicyclic) bond motifs is 5. The number of rotatable bonds is 5. The Morgan fingerprint density at radius 1 is 0.333 bits per heavy atom. The average molecular weight is 770 g/mol. The van der Waals surface area contributed by atoms with Gasteiger partial charge in [0.15, 0.2) is 17.5 Å². The van der Waals surface area contributed by atoms with Crippen molar-refractivity contribution in [2.24, 2.45) is 23.7 Å². The zero-order valence-electron chi connectivity index (χ0n) is 33.4. The summed E-state index contributed by atoms with van der Waals surface area (Å²) in [6.07, 6.45) is 6.96. The van der Waals surface area contributed by atoms with Crippen LogP contribution in [0.15, 0.2) is 176 Å². The second-order valence-corrected chi connectivity index (χ2v) is 17.9. The van der Waals surface area contributed by atoms with Gasteiger partial charge < -0.3 is 0 Å². The van der Waals surface area contributed by atoms with Gasteiger partial charge in [-0.1, -0.05) is 164 Å². The summed E-state index contributed by atoms with van der Waals surface area (Å²) in [6, 6.07) is 64.2. The molecule has 60 heavy (non-hydrogen) atoms. The Kier molecular flexibility index (Phi) is 7.49. The molecule has 0 saturated heterocycles. The highest BCUT2D eigenvalue weighted by molar-refractivity contribution is 6.21. The molecule has 0 unspecified atom stereocenters. The third-order valence-corrected chi connectivity index (χ3v) is 14.9. The summed E-state index contributed by atoms with van der Waals surface area (Å²) in [5.41, 5.74) is 14.0. The van der Waals surface area contributed by atoms with Gasteiger partial charge in [0, 0.05) is 22.1 Å². The van der Waals surface area contributed by atoms with Crippen molar-refractivity contribution < 1.29 is 0 Å². The summed E-state index contributed by atoms with van der Waals surface area (Å²) in [5, 5.41) is 4.73. The van der Waals surface area contributed by atoms with E-state index in [2.05, 4.69) is 170 Å². The molecule has 286 valence electrons. The molecule has 4 bridgehead atoms. The lowest BCUT2D eigenvalue weighted by molar-refractivity contribution is -0.0399. The average Bonchev–Trinajstić information content (AvgIpc) is 3.60. The topological polar surface area (TPSA) is 38.7 Å². The Hall–Kier alpha value is -6.71. The predicted octanol–water partition coefficient (Wildman–Crippen LogP) is 14.2. The van der Waals surface area contributed by atoms with Crippen LogP contribution in [0.4, 0.5) is 0 Å². The molecule has 0 aliphatic heterocycles. The maximum Gasteiger partial charge on any atom is 0.165 e. The molecule has 0 radical (unpaired) electrons. The molecule has 14 rings (SSSR count). The molecule has 8 aromatic carbocycles. The van der Waals surface area contributed by atoms with E-state index in [1.807, 2.05) is 6.07 Å². The molecule has 1 spiro atoms. The van der Waals surface area contributed by atoms with Gasteiger partial charge in [-0.2, -0.15) is 0 Å². The number of hydrogen-bond donors (Lipinski definition) is 0. The smallest absolute Gasteiger partial charge is 0.165 e. The van der Waals surface area contributed by atoms with Crippen molar-refractivity contribution in [3.8, 4) is 67.5 Å². The van der Waals surface area contributed by atoms with E-state index in [0.717, 1.165) is 50.4 Å². The zero-order valence-corrected chi connectivity index (χ0v) is 33.4. The van der Waals surface area contributed by atoms with Crippen molar-refractivity contribution >= 4 is 21.5 Å². The number of nitrogens with zero attached hydrogens (tertiary/aromatic N) is 3. The van der Waals surface area contributed by atoms with E-state index in [4.69, 9.17) is 15.0 Å². The predicted molar refractivity (Wildman–Crippen MR) is 245 cm³/mol. The summed E-state index contributed by atoms with van der Waals surface area (Å²) < 4.78 is 0. The van der Waals surface area contributed by atoms with Crippen LogP contribution in [0.3, 0.4) is 0 Å². The first-order valence-corrected chi connectivity index (χ1v) is 21.9. The van der Waals surface area contributed by atoms with Crippen molar-refractivity contribution in [2.45, 2.75) is 37.5 Å². The van der Waals surface area contributed by atoms with E-state index in [-0.39, 0.29) is 5.41 Å². The summed E-state index contributed by atoms with van der Waals surface area (Å²) in [5.74, 6) is 5.25. The molecule has 0 atom stereocenters. The Morgan fingerprint density at radius 2 is 0.833 bits per heavy atom. The van der Waals surface area contributed by atoms with E-state index < -0.39 is 0 Å².